The number of thiophene rings is 1. The largest absolute Gasteiger partial charge is 0.337 e. The summed E-state index contributed by atoms with van der Waals surface area (Å²) in [5.74, 6) is -0.474. The van der Waals surface area contributed by atoms with E-state index < -0.39 is 0 Å². The zero-order chi connectivity index (χ0) is 18.8. The highest BCUT2D eigenvalue weighted by atomic mass is 35.5. The van der Waals surface area contributed by atoms with Crippen molar-refractivity contribution in [1.82, 2.24) is 14.5 Å². The van der Waals surface area contributed by atoms with E-state index in [-0.39, 0.29) is 24.1 Å². The Hall–Kier alpha value is -2.00. The van der Waals surface area contributed by atoms with Crippen LogP contribution in [0.25, 0.3) is 10.2 Å². The molecule has 5 nitrogen and oxygen atoms in total. The Kier molecular flexibility index (Phi) is 6.66. The van der Waals surface area contributed by atoms with Gasteiger partial charge in [0.15, 0.2) is 5.13 Å². The van der Waals surface area contributed by atoms with E-state index in [9.17, 15) is 9.18 Å². The fourth-order valence-electron chi connectivity index (χ4n) is 2.68. The predicted octanol–water partition coefficient (Wildman–Crippen LogP) is 5.51. The molecule has 0 radical (unpaired) electrons. The minimum atomic E-state index is -0.319. The number of halogens is 3. The van der Waals surface area contributed by atoms with E-state index in [0.717, 1.165) is 13.0 Å². The summed E-state index contributed by atoms with van der Waals surface area (Å²) < 4.78 is 16.7. The summed E-state index contributed by atoms with van der Waals surface area (Å²) in [6.45, 7) is 1.21. The molecule has 0 fully saturated rings. The van der Waals surface area contributed by atoms with Gasteiger partial charge in [0, 0.05) is 25.5 Å². The Labute approximate surface area is 179 Å². The van der Waals surface area contributed by atoms with E-state index in [1.54, 1.807) is 35.6 Å². The first-order chi connectivity index (χ1) is 13.1. The number of aromatic nitrogens is 3. The first kappa shape index (κ1) is 20.7. The second kappa shape index (κ2) is 9.00. The van der Waals surface area contributed by atoms with E-state index in [1.165, 1.54) is 34.8 Å². The van der Waals surface area contributed by atoms with Crippen LogP contribution < -0.4 is 4.90 Å². The lowest BCUT2D eigenvalue weighted by Gasteiger charge is -2.19. The summed E-state index contributed by atoms with van der Waals surface area (Å²) in [6, 6.07) is 7.85. The maximum atomic E-state index is 13.5. The third kappa shape index (κ3) is 4.52. The van der Waals surface area contributed by atoms with Gasteiger partial charge in [0.25, 0.3) is 5.91 Å². The van der Waals surface area contributed by atoms with Crippen molar-refractivity contribution in [3.8, 4) is 0 Å². The number of aryl methyl sites for hydroxylation is 1. The van der Waals surface area contributed by atoms with Gasteiger partial charge in [-0.05, 0) is 36.8 Å². The molecule has 0 aliphatic rings. The topological polar surface area (TPSA) is 51.0 Å². The molecule has 0 unspecified atom stereocenters. The smallest absolute Gasteiger partial charge is 0.270 e. The quantitative estimate of drug-likeness (QED) is 0.384. The number of amides is 1. The number of imidazole rings is 1. The Bertz CT molecular complexity index is 1080. The average molecular weight is 457 g/mol. The van der Waals surface area contributed by atoms with Gasteiger partial charge in [-0.25, -0.2) is 14.4 Å². The second-order valence-electron chi connectivity index (χ2n) is 5.82. The predicted molar refractivity (Wildman–Crippen MR) is 115 cm³/mol. The molecule has 4 aromatic rings. The fourth-order valence-corrected chi connectivity index (χ4v) is 4.69. The average Bonchev–Trinajstić information content (AvgIpc) is 3.38. The molecule has 0 atom stereocenters. The molecule has 0 N–H and O–H groups in total. The summed E-state index contributed by atoms with van der Waals surface area (Å²) in [4.78, 5) is 23.8. The van der Waals surface area contributed by atoms with Crippen molar-refractivity contribution in [1.29, 1.82) is 0 Å². The Balaban J connectivity index is 0.00000225. The number of hydrogen-bond acceptors (Lipinski definition) is 5. The van der Waals surface area contributed by atoms with Crippen LogP contribution in [0, 0.1) is 5.82 Å². The number of carbonyl (C=O) groups excluding carboxylic acids is 1. The third-order valence-corrected chi connectivity index (χ3v) is 6.22. The normalized spacial score (nSPS) is 10.8. The third-order valence-electron chi connectivity index (χ3n) is 3.96. The Morgan fingerprint density at radius 3 is 2.82 bits per heavy atom. The number of rotatable bonds is 6. The number of anilines is 1. The molecule has 10 heteroatoms. The fraction of sp³-hybridized carbons (Fsp3) is 0.167. The summed E-state index contributed by atoms with van der Waals surface area (Å²) in [7, 11) is 0. The van der Waals surface area contributed by atoms with Gasteiger partial charge in [-0.15, -0.1) is 23.7 Å². The molecule has 3 aromatic heterocycles. The number of carbonyl (C=O) groups is 1. The molecule has 0 aliphatic carbocycles. The van der Waals surface area contributed by atoms with Gasteiger partial charge in [-0.2, -0.15) is 0 Å². The Morgan fingerprint density at radius 1 is 1.25 bits per heavy atom. The minimum Gasteiger partial charge on any atom is -0.337 e. The monoisotopic (exact) mass is 456 g/mol. The number of thiazole rings is 1. The Morgan fingerprint density at radius 2 is 2.11 bits per heavy atom. The molecule has 0 aliphatic heterocycles. The molecule has 0 saturated carbocycles. The zero-order valence-corrected chi connectivity index (χ0v) is 17.6. The number of hydrogen-bond donors (Lipinski definition) is 0. The molecule has 146 valence electrons. The molecule has 3 heterocycles. The van der Waals surface area contributed by atoms with E-state index >= 15 is 0 Å². The summed E-state index contributed by atoms with van der Waals surface area (Å²) in [6.07, 6.45) is 6.07. The summed E-state index contributed by atoms with van der Waals surface area (Å²) in [5, 5.41) is 0.552. The summed E-state index contributed by atoms with van der Waals surface area (Å²) in [5.41, 5.74) is 0.674. The van der Waals surface area contributed by atoms with E-state index in [2.05, 4.69) is 9.97 Å². The van der Waals surface area contributed by atoms with Crippen LogP contribution in [0.4, 0.5) is 9.52 Å². The van der Waals surface area contributed by atoms with Crippen LogP contribution >= 0.6 is 46.7 Å². The SMILES string of the molecule is Cl.O=C(c1ccc(Cl)s1)N(CCCn1ccnc1)c1nc2ccc(F)cc2s1. The van der Waals surface area contributed by atoms with Gasteiger partial charge >= 0.3 is 0 Å². The van der Waals surface area contributed by atoms with Crippen molar-refractivity contribution in [2.24, 2.45) is 0 Å². The molecule has 1 amide bonds. The number of nitrogens with zero attached hydrogens (tertiary/aromatic N) is 4. The number of benzene rings is 1. The first-order valence-corrected chi connectivity index (χ1v) is 10.2. The highest BCUT2D eigenvalue weighted by molar-refractivity contribution is 7.22. The van der Waals surface area contributed by atoms with Gasteiger partial charge in [-0.3, -0.25) is 9.69 Å². The van der Waals surface area contributed by atoms with Crippen molar-refractivity contribution >= 4 is 67.9 Å². The molecule has 0 bridgehead atoms. The maximum absolute atomic E-state index is 13.5. The lowest BCUT2D eigenvalue weighted by atomic mass is 10.3. The second-order valence-corrected chi connectivity index (χ2v) is 8.55. The van der Waals surface area contributed by atoms with E-state index in [1.807, 2.05) is 10.8 Å². The molecular formula is C18H15Cl2FN4OS2. The molecule has 1 aromatic carbocycles. The molecule has 4 rings (SSSR count). The maximum Gasteiger partial charge on any atom is 0.270 e. The van der Waals surface area contributed by atoms with Crippen LogP contribution in [-0.4, -0.2) is 27.0 Å². The van der Waals surface area contributed by atoms with E-state index in [0.29, 0.717) is 31.1 Å². The molecule has 0 saturated heterocycles. The van der Waals surface area contributed by atoms with Crippen LogP contribution in [0.15, 0.2) is 49.1 Å². The number of fused-ring (bicyclic) bond motifs is 1. The standard InChI is InChI=1S/C18H14ClFN4OS2.ClH/c19-16-5-4-14(26-16)17(25)24(8-1-7-23-9-6-21-11-23)18-22-13-3-2-12(20)10-15(13)27-18;/h2-6,9-11H,1,7-8H2;1H. The van der Waals surface area contributed by atoms with E-state index in [4.69, 9.17) is 11.6 Å². The van der Waals surface area contributed by atoms with Gasteiger partial charge in [-0.1, -0.05) is 22.9 Å². The van der Waals surface area contributed by atoms with Crippen LogP contribution in [-0.2, 0) is 6.54 Å². The van der Waals surface area contributed by atoms with Crippen LogP contribution in [0.5, 0.6) is 0 Å². The van der Waals surface area contributed by atoms with Gasteiger partial charge < -0.3 is 4.57 Å². The lowest BCUT2D eigenvalue weighted by molar-refractivity contribution is 0.0990. The zero-order valence-electron chi connectivity index (χ0n) is 14.4. The lowest BCUT2D eigenvalue weighted by Crippen LogP contribution is -2.31. The highest BCUT2D eigenvalue weighted by Crippen LogP contribution is 2.32. The van der Waals surface area contributed by atoms with Gasteiger partial charge in [0.2, 0.25) is 0 Å². The molecular weight excluding hydrogens is 442 g/mol. The minimum absolute atomic E-state index is 0. The van der Waals surface area contributed by atoms with Crippen LogP contribution in [0.1, 0.15) is 16.1 Å². The molecule has 28 heavy (non-hydrogen) atoms. The first-order valence-electron chi connectivity index (χ1n) is 8.19. The molecule has 0 spiro atoms. The van der Waals surface area contributed by atoms with Crippen molar-refractivity contribution < 1.29 is 9.18 Å². The summed E-state index contributed by atoms with van der Waals surface area (Å²) >= 11 is 8.53. The van der Waals surface area contributed by atoms with Crippen LogP contribution in [0.2, 0.25) is 4.34 Å². The van der Waals surface area contributed by atoms with Gasteiger partial charge in [0.1, 0.15) is 5.82 Å². The van der Waals surface area contributed by atoms with Crippen molar-refractivity contribution in [3.05, 3.63) is 64.1 Å². The van der Waals surface area contributed by atoms with Crippen LogP contribution in [0.3, 0.4) is 0 Å². The van der Waals surface area contributed by atoms with Crippen molar-refractivity contribution in [2.45, 2.75) is 13.0 Å². The van der Waals surface area contributed by atoms with Crippen molar-refractivity contribution in [3.63, 3.8) is 0 Å². The van der Waals surface area contributed by atoms with Gasteiger partial charge in [0.05, 0.1) is 25.8 Å². The van der Waals surface area contributed by atoms with Crippen molar-refractivity contribution in [2.75, 3.05) is 11.4 Å². The highest BCUT2D eigenvalue weighted by Gasteiger charge is 2.22.